The highest BCUT2D eigenvalue weighted by Crippen LogP contribution is 2.45. The van der Waals surface area contributed by atoms with E-state index in [1.165, 1.54) is 32.5 Å². The molecule has 0 aliphatic carbocycles. The van der Waals surface area contributed by atoms with Crippen LogP contribution in [0.2, 0.25) is 19.6 Å². The summed E-state index contributed by atoms with van der Waals surface area (Å²) in [5, 5.41) is 8.40. The van der Waals surface area contributed by atoms with Gasteiger partial charge < -0.3 is 14.2 Å². The van der Waals surface area contributed by atoms with Crippen LogP contribution in [-0.2, 0) is 0 Å². The summed E-state index contributed by atoms with van der Waals surface area (Å²) in [6, 6.07) is 81.0. The van der Waals surface area contributed by atoms with Crippen molar-refractivity contribution >= 4 is 90.9 Å². The van der Waals surface area contributed by atoms with Crippen molar-refractivity contribution in [3.8, 4) is 22.3 Å². The number of para-hydroxylation sites is 3. The average Bonchev–Trinajstić information content (AvgIpc) is 3.72. The maximum Gasteiger partial charge on any atom is 0.143 e. The minimum atomic E-state index is -1.45. The van der Waals surface area contributed by atoms with E-state index in [2.05, 4.69) is 254 Å². The molecule has 1 aromatic heterocycles. The summed E-state index contributed by atoms with van der Waals surface area (Å²) in [7, 11) is -1.45. The van der Waals surface area contributed by atoms with Crippen LogP contribution in [0.1, 0.15) is 0 Å². The zero-order chi connectivity index (χ0) is 42.5. The van der Waals surface area contributed by atoms with Gasteiger partial charge in [-0.1, -0.05) is 164 Å². The molecule has 0 saturated carbocycles. The van der Waals surface area contributed by atoms with Crippen LogP contribution in [0.4, 0.5) is 34.1 Å². The van der Waals surface area contributed by atoms with Crippen molar-refractivity contribution in [3.63, 3.8) is 0 Å². The molecule has 0 aliphatic heterocycles. The molecule has 0 bridgehead atoms. The fourth-order valence-corrected chi connectivity index (χ4v) is 10.4. The molecule has 63 heavy (non-hydrogen) atoms. The molecule has 11 aromatic rings. The van der Waals surface area contributed by atoms with E-state index in [0.717, 1.165) is 72.6 Å². The number of hydrogen-bond donors (Lipinski definition) is 0. The second-order valence-corrected chi connectivity index (χ2v) is 22.4. The van der Waals surface area contributed by atoms with Crippen LogP contribution in [0.5, 0.6) is 0 Å². The lowest BCUT2D eigenvalue weighted by molar-refractivity contribution is 0.673. The Balaban J connectivity index is 1.01. The average molecular weight is 827 g/mol. The van der Waals surface area contributed by atoms with E-state index in [1.54, 1.807) is 0 Å². The fourth-order valence-electron chi connectivity index (χ4n) is 9.23. The van der Waals surface area contributed by atoms with Gasteiger partial charge in [0.05, 0.1) is 13.8 Å². The Morgan fingerprint density at radius 3 is 1.57 bits per heavy atom. The van der Waals surface area contributed by atoms with E-state index in [1.807, 2.05) is 0 Å². The summed E-state index contributed by atoms with van der Waals surface area (Å²) < 4.78 is 6.99. The predicted octanol–water partition coefficient (Wildman–Crippen LogP) is 16.7. The fraction of sp³-hybridized carbons (Fsp3) is 0.0508. The van der Waals surface area contributed by atoms with Crippen molar-refractivity contribution in [3.05, 3.63) is 224 Å². The van der Waals surface area contributed by atoms with E-state index >= 15 is 0 Å². The maximum absolute atomic E-state index is 6.99. The highest BCUT2D eigenvalue weighted by atomic mass is 28.3. The monoisotopic (exact) mass is 826 g/mol. The summed E-state index contributed by atoms with van der Waals surface area (Å²) >= 11 is 0. The van der Waals surface area contributed by atoms with Gasteiger partial charge >= 0.3 is 0 Å². The van der Waals surface area contributed by atoms with Gasteiger partial charge in [-0.25, -0.2) is 0 Å². The molecule has 0 unspecified atom stereocenters. The Labute approximate surface area is 369 Å². The van der Waals surface area contributed by atoms with Gasteiger partial charge in [0.2, 0.25) is 0 Å². The van der Waals surface area contributed by atoms with E-state index in [0.29, 0.717) is 0 Å². The molecular formula is C59H46N2OSi. The lowest BCUT2D eigenvalue weighted by Gasteiger charge is -2.28. The summed E-state index contributed by atoms with van der Waals surface area (Å²) in [4.78, 5) is 4.68. The Hall–Kier alpha value is -7.66. The zero-order valence-electron chi connectivity index (χ0n) is 35.7. The molecule has 0 amide bonds. The summed E-state index contributed by atoms with van der Waals surface area (Å²) in [5.41, 5.74) is 13.1. The van der Waals surface area contributed by atoms with Crippen LogP contribution in [0, 0.1) is 0 Å². The van der Waals surface area contributed by atoms with Gasteiger partial charge in [-0.05, 0) is 112 Å². The smallest absolute Gasteiger partial charge is 0.143 e. The van der Waals surface area contributed by atoms with Crippen LogP contribution in [0.25, 0.3) is 65.7 Å². The minimum Gasteiger partial charge on any atom is -0.455 e. The van der Waals surface area contributed by atoms with Crippen LogP contribution < -0.4 is 15.0 Å². The van der Waals surface area contributed by atoms with Crippen molar-refractivity contribution in [2.45, 2.75) is 19.6 Å². The van der Waals surface area contributed by atoms with Crippen molar-refractivity contribution in [1.29, 1.82) is 0 Å². The highest BCUT2D eigenvalue weighted by Gasteiger charge is 2.22. The number of benzene rings is 10. The predicted molar refractivity (Wildman–Crippen MR) is 272 cm³/mol. The Morgan fingerprint density at radius 1 is 0.349 bits per heavy atom. The van der Waals surface area contributed by atoms with E-state index in [9.17, 15) is 0 Å². The summed E-state index contributed by atoms with van der Waals surface area (Å²) in [6.07, 6.45) is 0. The number of rotatable bonds is 9. The second kappa shape index (κ2) is 15.7. The standard InChI is InChI=1S/C59H46N2OSi/c1-63(2,3)49-35-32-46(33-36-49)60(44-19-9-5-10-20-44)48-34-38-54-57(40-48)62-59-53-37-29-43(39-55(53)51-24-13-14-25-52(51)58(54)59)41-27-30-47(31-28-41)61(45-21-11-6-12-22-45)56-26-16-15-23-50(56)42-17-7-4-8-18-42/h4-40H,1-3H3. The SMILES string of the molecule is C[Si](C)(C)c1ccc(N(c2ccccc2)c2ccc3c(c2)oc2c4ccc(-c5ccc(N(c6ccccc6)c6ccccc6-c6ccccc6)cc5)cc4c4ccccc4c32)cc1. The molecule has 0 spiro atoms. The van der Waals surface area contributed by atoms with Crippen molar-refractivity contribution < 1.29 is 4.42 Å². The van der Waals surface area contributed by atoms with Gasteiger partial charge in [-0.15, -0.1) is 0 Å². The number of furan rings is 1. The second-order valence-electron chi connectivity index (χ2n) is 17.4. The van der Waals surface area contributed by atoms with Crippen LogP contribution in [0.15, 0.2) is 229 Å². The third kappa shape index (κ3) is 6.95. The quantitative estimate of drug-likeness (QED) is 0.107. The van der Waals surface area contributed by atoms with E-state index < -0.39 is 8.07 Å². The van der Waals surface area contributed by atoms with Gasteiger partial charge in [0, 0.05) is 56.2 Å². The van der Waals surface area contributed by atoms with Crippen LogP contribution >= 0.6 is 0 Å². The normalized spacial score (nSPS) is 11.7. The first-order valence-corrected chi connectivity index (χ1v) is 25.3. The highest BCUT2D eigenvalue weighted by molar-refractivity contribution is 6.88. The van der Waals surface area contributed by atoms with Crippen LogP contribution in [0.3, 0.4) is 0 Å². The molecule has 11 rings (SSSR count). The van der Waals surface area contributed by atoms with E-state index in [-0.39, 0.29) is 0 Å². The Morgan fingerprint density at radius 2 is 0.873 bits per heavy atom. The Bertz CT molecular complexity index is 3410. The number of hydrogen-bond acceptors (Lipinski definition) is 3. The van der Waals surface area contributed by atoms with Gasteiger partial charge in [0.15, 0.2) is 0 Å². The minimum absolute atomic E-state index is 0.872. The van der Waals surface area contributed by atoms with Gasteiger partial charge in [-0.3, -0.25) is 0 Å². The third-order valence-electron chi connectivity index (χ3n) is 12.4. The van der Waals surface area contributed by atoms with Crippen LogP contribution in [-0.4, -0.2) is 8.07 Å². The number of nitrogens with zero attached hydrogens (tertiary/aromatic N) is 2. The third-order valence-corrected chi connectivity index (χ3v) is 14.5. The molecule has 0 aliphatic rings. The molecule has 302 valence electrons. The van der Waals surface area contributed by atoms with Gasteiger partial charge in [-0.2, -0.15) is 0 Å². The molecule has 3 nitrogen and oxygen atoms in total. The molecule has 0 radical (unpaired) electrons. The van der Waals surface area contributed by atoms with Crippen molar-refractivity contribution in [2.75, 3.05) is 9.80 Å². The van der Waals surface area contributed by atoms with Crippen molar-refractivity contribution in [2.24, 2.45) is 0 Å². The first-order valence-electron chi connectivity index (χ1n) is 21.8. The summed E-state index contributed by atoms with van der Waals surface area (Å²) in [6.45, 7) is 7.18. The maximum atomic E-state index is 6.99. The van der Waals surface area contributed by atoms with Gasteiger partial charge in [0.1, 0.15) is 11.2 Å². The Kier molecular flexibility index (Phi) is 9.52. The number of anilines is 6. The molecule has 0 saturated heterocycles. The molecular weight excluding hydrogens is 781 g/mol. The molecule has 1 heterocycles. The molecule has 4 heteroatoms. The number of fused-ring (bicyclic) bond motifs is 8. The lowest BCUT2D eigenvalue weighted by atomic mass is 9.94. The van der Waals surface area contributed by atoms with E-state index in [4.69, 9.17) is 4.42 Å². The lowest BCUT2D eigenvalue weighted by Crippen LogP contribution is -2.37. The molecule has 10 aromatic carbocycles. The molecule has 0 N–H and O–H groups in total. The molecule has 0 fully saturated rings. The summed E-state index contributed by atoms with van der Waals surface area (Å²) in [5.74, 6) is 0. The largest absolute Gasteiger partial charge is 0.455 e. The zero-order valence-corrected chi connectivity index (χ0v) is 36.7. The molecule has 0 atom stereocenters. The van der Waals surface area contributed by atoms with Gasteiger partial charge in [0.25, 0.3) is 0 Å². The first-order chi connectivity index (χ1) is 30.9. The topological polar surface area (TPSA) is 19.6 Å². The van der Waals surface area contributed by atoms with Crippen molar-refractivity contribution in [1.82, 2.24) is 0 Å². The first kappa shape index (κ1) is 38.3.